The number of nitrogens with zero attached hydrogens (tertiary/aromatic N) is 2. The van der Waals surface area contributed by atoms with Gasteiger partial charge in [-0.15, -0.1) is 11.3 Å². The molecule has 0 bridgehead atoms. The number of thiophene rings is 1. The molecule has 2 heterocycles. The van der Waals surface area contributed by atoms with Gasteiger partial charge >= 0.3 is 0 Å². The quantitative estimate of drug-likeness (QED) is 0.181. The molecule has 0 fully saturated rings. The molecule has 2 aromatic heterocycles. The zero-order valence-electron chi connectivity index (χ0n) is 26.6. The summed E-state index contributed by atoms with van der Waals surface area (Å²) in [6.07, 6.45) is 0. The zero-order valence-corrected chi connectivity index (χ0v) is 27.4. The van der Waals surface area contributed by atoms with E-state index in [0.717, 1.165) is 22.7 Å². The molecule has 0 saturated carbocycles. The number of aromatic nitrogens is 1. The van der Waals surface area contributed by atoms with Crippen molar-refractivity contribution in [2.45, 2.75) is 0 Å². The Hall–Kier alpha value is -6.16. The van der Waals surface area contributed by atoms with Crippen molar-refractivity contribution < 1.29 is 0 Å². The lowest BCUT2D eigenvalue weighted by Gasteiger charge is -2.26. The van der Waals surface area contributed by atoms with Gasteiger partial charge in [0.25, 0.3) is 0 Å². The molecule has 49 heavy (non-hydrogen) atoms. The average molecular weight is 643 g/mol. The molecule has 0 unspecified atom stereocenters. The van der Waals surface area contributed by atoms with Crippen LogP contribution in [0, 0.1) is 0 Å². The lowest BCUT2D eigenvalue weighted by molar-refractivity contribution is 1.18. The van der Waals surface area contributed by atoms with E-state index in [4.69, 9.17) is 0 Å². The third-order valence-electron chi connectivity index (χ3n) is 9.77. The molecular weight excluding hydrogens is 613 g/mol. The van der Waals surface area contributed by atoms with Gasteiger partial charge in [-0.25, -0.2) is 0 Å². The van der Waals surface area contributed by atoms with Gasteiger partial charge in [-0.3, -0.25) is 0 Å². The molecule has 10 rings (SSSR count). The van der Waals surface area contributed by atoms with Crippen molar-refractivity contribution in [3.63, 3.8) is 0 Å². The molecular formula is C46H30N2S. The van der Waals surface area contributed by atoms with Crippen molar-refractivity contribution in [1.29, 1.82) is 0 Å². The van der Waals surface area contributed by atoms with Gasteiger partial charge in [0.15, 0.2) is 0 Å². The smallest absolute Gasteiger partial charge is 0.0562 e. The Balaban J connectivity index is 1.16. The van der Waals surface area contributed by atoms with Crippen LogP contribution >= 0.6 is 11.3 Å². The van der Waals surface area contributed by atoms with Crippen LogP contribution in [0.4, 0.5) is 17.1 Å². The van der Waals surface area contributed by atoms with Crippen LogP contribution < -0.4 is 4.90 Å². The first-order valence-corrected chi connectivity index (χ1v) is 17.5. The average Bonchev–Trinajstić information content (AvgIpc) is 3.73. The third-order valence-corrected chi connectivity index (χ3v) is 11.0. The highest BCUT2D eigenvalue weighted by molar-refractivity contribution is 7.26. The van der Waals surface area contributed by atoms with E-state index in [2.05, 4.69) is 191 Å². The molecule has 0 atom stereocenters. The van der Waals surface area contributed by atoms with Crippen molar-refractivity contribution in [2.24, 2.45) is 0 Å². The van der Waals surface area contributed by atoms with E-state index in [0.29, 0.717) is 0 Å². The minimum absolute atomic E-state index is 1.12. The Bertz CT molecular complexity index is 2810. The number of para-hydroxylation sites is 3. The first kappa shape index (κ1) is 27.9. The maximum absolute atomic E-state index is 2.40. The van der Waals surface area contributed by atoms with E-state index in [-0.39, 0.29) is 0 Å². The summed E-state index contributed by atoms with van der Waals surface area (Å²) in [5.74, 6) is 0. The predicted molar refractivity (Wildman–Crippen MR) is 211 cm³/mol. The Morgan fingerprint density at radius 2 is 1.08 bits per heavy atom. The minimum atomic E-state index is 1.12. The molecule has 10 aromatic rings. The van der Waals surface area contributed by atoms with Crippen LogP contribution in [0.1, 0.15) is 0 Å². The van der Waals surface area contributed by atoms with Gasteiger partial charge in [0.2, 0.25) is 0 Å². The highest BCUT2D eigenvalue weighted by Gasteiger charge is 2.21. The Morgan fingerprint density at radius 3 is 1.92 bits per heavy atom. The van der Waals surface area contributed by atoms with Crippen molar-refractivity contribution in [3.05, 3.63) is 182 Å². The second kappa shape index (κ2) is 11.2. The number of rotatable bonds is 5. The van der Waals surface area contributed by atoms with Crippen LogP contribution in [-0.2, 0) is 0 Å². The van der Waals surface area contributed by atoms with E-state index in [1.165, 1.54) is 63.9 Å². The van der Waals surface area contributed by atoms with Crippen molar-refractivity contribution in [2.75, 3.05) is 4.90 Å². The number of hydrogen-bond donors (Lipinski definition) is 0. The van der Waals surface area contributed by atoms with E-state index in [1.54, 1.807) is 0 Å². The van der Waals surface area contributed by atoms with Gasteiger partial charge in [0, 0.05) is 48.0 Å². The van der Waals surface area contributed by atoms with E-state index >= 15 is 0 Å². The Morgan fingerprint density at radius 1 is 0.429 bits per heavy atom. The summed E-state index contributed by atoms with van der Waals surface area (Å²) in [6.45, 7) is 0. The van der Waals surface area contributed by atoms with Crippen LogP contribution in [-0.4, -0.2) is 4.57 Å². The third kappa shape index (κ3) is 4.40. The van der Waals surface area contributed by atoms with Crippen molar-refractivity contribution in [1.82, 2.24) is 4.57 Å². The van der Waals surface area contributed by atoms with Crippen LogP contribution in [0.25, 0.3) is 69.6 Å². The van der Waals surface area contributed by atoms with E-state index < -0.39 is 0 Å². The normalized spacial score (nSPS) is 11.7. The summed E-state index contributed by atoms with van der Waals surface area (Å²) in [6, 6.07) is 66.0. The van der Waals surface area contributed by atoms with Crippen LogP contribution in [0.5, 0.6) is 0 Å². The summed E-state index contributed by atoms with van der Waals surface area (Å²) in [7, 11) is 0. The van der Waals surface area contributed by atoms with E-state index in [9.17, 15) is 0 Å². The summed E-state index contributed by atoms with van der Waals surface area (Å²) in [5.41, 5.74) is 9.43. The molecule has 0 spiro atoms. The number of fused-ring (bicyclic) bond motifs is 8. The van der Waals surface area contributed by atoms with Crippen LogP contribution in [0.2, 0.25) is 0 Å². The molecule has 0 aliphatic carbocycles. The fourth-order valence-electron chi connectivity index (χ4n) is 7.63. The highest BCUT2D eigenvalue weighted by Crippen LogP contribution is 2.46. The lowest BCUT2D eigenvalue weighted by atomic mass is 9.99. The van der Waals surface area contributed by atoms with Gasteiger partial charge in [-0.2, -0.15) is 0 Å². The zero-order chi connectivity index (χ0) is 32.3. The second-order valence-electron chi connectivity index (χ2n) is 12.5. The Kier molecular flexibility index (Phi) is 6.39. The van der Waals surface area contributed by atoms with Gasteiger partial charge in [-0.05, 0) is 82.6 Å². The van der Waals surface area contributed by atoms with Crippen molar-refractivity contribution in [3.8, 4) is 16.8 Å². The molecule has 0 amide bonds. The standard InChI is InChI=1S/C46H30N2S/c1-3-14-33(15-4-1)47(41-23-12-24-42-45(41)38-19-9-10-22-40(38)48(42)34-16-5-2-6-17-34)35-28-25-32(26-29-35)37-20-11-21-39-44-36-18-8-7-13-31(36)27-30-43(44)49-46(37)39/h1-30H. The molecule has 3 heteroatoms. The summed E-state index contributed by atoms with van der Waals surface area (Å²) >= 11 is 1.89. The minimum Gasteiger partial charge on any atom is -0.310 e. The number of benzene rings is 8. The monoisotopic (exact) mass is 642 g/mol. The summed E-state index contributed by atoms with van der Waals surface area (Å²) in [5, 5.41) is 7.75. The topological polar surface area (TPSA) is 8.17 Å². The van der Waals surface area contributed by atoms with Crippen LogP contribution in [0.15, 0.2) is 182 Å². The fourth-order valence-corrected chi connectivity index (χ4v) is 8.89. The molecule has 0 aliphatic rings. The molecule has 0 aliphatic heterocycles. The van der Waals surface area contributed by atoms with Gasteiger partial charge in [0.05, 0.1) is 16.7 Å². The Labute approximate surface area is 288 Å². The first-order chi connectivity index (χ1) is 24.3. The molecule has 0 saturated heterocycles. The van der Waals surface area contributed by atoms with Crippen LogP contribution in [0.3, 0.4) is 0 Å². The first-order valence-electron chi connectivity index (χ1n) is 16.7. The summed E-state index contributed by atoms with van der Waals surface area (Å²) in [4.78, 5) is 2.40. The predicted octanol–water partition coefficient (Wildman–Crippen LogP) is 13.4. The largest absolute Gasteiger partial charge is 0.310 e. The molecule has 0 radical (unpaired) electrons. The lowest BCUT2D eigenvalue weighted by Crippen LogP contribution is -2.10. The maximum Gasteiger partial charge on any atom is 0.0562 e. The molecule has 230 valence electrons. The number of anilines is 3. The maximum atomic E-state index is 2.40. The molecule has 8 aromatic carbocycles. The number of hydrogen-bond acceptors (Lipinski definition) is 2. The second-order valence-corrected chi connectivity index (χ2v) is 13.6. The summed E-state index contributed by atoms with van der Waals surface area (Å²) < 4.78 is 5.05. The van der Waals surface area contributed by atoms with Crippen molar-refractivity contribution >= 4 is 81.1 Å². The van der Waals surface area contributed by atoms with Gasteiger partial charge in [0.1, 0.15) is 0 Å². The van der Waals surface area contributed by atoms with Gasteiger partial charge in [-0.1, -0.05) is 121 Å². The van der Waals surface area contributed by atoms with E-state index in [1.807, 2.05) is 11.3 Å². The SMILES string of the molecule is c1ccc(N(c2ccc(-c3cccc4c3sc3ccc5ccccc5c34)cc2)c2cccc3c2c2ccccc2n3-c2ccccc2)cc1. The molecule has 0 N–H and O–H groups in total. The fraction of sp³-hybridized carbons (Fsp3) is 0. The molecule has 2 nitrogen and oxygen atoms in total. The highest BCUT2D eigenvalue weighted by atomic mass is 32.1. The van der Waals surface area contributed by atoms with Gasteiger partial charge < -0.3 is 9.47 Å².